The summed E-state index contributed by atoms with van der Waals surface area (Å²) < 4.78 is 25.0. The summed E-state index contributed by atoms with van der Waals surface area (Å²) in [6.45, 7) is 1.36. The molecule has 0 bridgehead atoms. The highest BCUT2D eigenvalue weighted by Gasteiger charge is 2.43. The van der Waals surface area contributed by atoms with Gasteiger partial charge < -0.3 is 15.1 Å². The number of amides is 3. The fourth-order valence-corrected chi connectivity index (χ4v) is 6.31. The third-order valence-corrected chi connectivity index (χ3v) is 8.02. The average molecular weight is 438 g/mol. The van der Waals surface area contributed by atoms with Crippen LogP contribution in [0.1, 0.15) is 36.0 Å². The van der Waals surface area contributed by atoms with Crippen LogP contribution in [-0.2, 0) is 26.5 Å². The van der Waals surface area contributed by atoms with Crippen LogP contribution in [0.4, 0.5) is 0 Å². The minimum atomic E-state index is -3.08. The molecule has 0 radical (unpaired) electrons. The first-order valence-electron chi connectivity index (χ1n) is 10.3. The SMILES string of the molecule is Cn1cc(C(=O)NC2CCN(C(=O)[C@@H]3CC(=O)N([C@@H]4CCS(=O)(=O)C4)C3)CC2)cn1. The largest absolute Gasteiger partial charge is 0.349 e. The molecule has 164 valence electrons. The Hall–Kier alpha value is -2.43. The van der Waals surface area contributed by atoms with Gasteiger partial charge in [0.25, 0.3) is 5.91 Å². The third-order valence-electron chi connectivity index (χ3n) is 6.27. The standard InChI is InChI=1S/C19H27N5O5S/c1-22-10-14(9-20-22)18(26)21-15-2-5-23(6-3-15)19(27)13-8-17(25)24(11-13)16-4-7-30(28,29)12-16/h9-10,13,15-16H,2-8,11-12H2,1H3,(H,21,26)/t13-,16-/m1/s1. The van der Waals surface area contributed by atoms with Gasteiger partial charge in [0.05, 0.1) is 29.2 Å². The highest BCUT2D eigenvalue weighted by atomic mass is 32.2. The number of hydrogen-bond donors (Lipinski definition) is 1. The summed E-state index contributed by atoms with van der Waals surface area (Å²) in [5, 5.41) is 6.98. The van der Waals surface area contributed by atoms with E-state index in [0.717, 1.165) is 0 Å². The minimum Gasteiger partial charge on any atom is -0.349 e. The van der Waals surface area contributed by atoms with Crippen LogP contribution in [-0.4, -0.2) is 88.9 Å². The van der Waals surface area contributed by atoms with Crippen molar-refractivity contribution in [2.45, 2.75) is 37.8 Å². The van der Waals surface area contributed by atoms with E-state index in [1.165, 1.54) is 6.20 Å². The fraction of sp³-hybridized carbons (Fsp3) is 0.684. The number of rotatable bonds is 4. The summed E-state index contributed by atoms with van der Waals surface area (Å²) >= 11 is 0. The zero-order valence-corrected chi connectivity index (χ0v) is 17.8. The van der Waals surface area contributed by atoms with Crippen molar-refractivity contribution in [1.82, 2.24) is 24.9 Å². The van der Waals surface area contributed by atoms with Gasteiger partial charge in [0.15, 0.2) is 9.84 Å². The number of aromatic nitrogens is 2. The van der Waals surface area contributed by atoms with Gasteiger partial charge in [-0.25, -0.2) is 8.42 Å². The van der Waals surface area contributed by atoms with Gasteiger partial charge in [-0.3, -0.25) is 19.1 Å². The molecule has 0 aliphatic carbocycles. The molecule has 3 fully saturated rings. The molecule has 1 N–H and O–H groups in total. The number of nitrogens with zero attached hydrogens (tertiary/aromatic N) is 4. The zero-order valence-electron chi connectivity index (χ0n) is 17.0. The first-order chi connectivity index (χ1) is 14.2. The van der Waals surface area contributed by atoms with Gasteiger partial charge >= 0.3 is 0 Å². The maximum absolute atomic E-state index is 12.9. The van der Waals surface area contributed by atoms with Crippen molar-refractivity contribution in [1.29, 1.82) is 0 Å². The van der Waals surface area contributed by atoms with Crippen LogP contribution in [0.5, 0.6) is 0 Å². The third kappa shape index (κ3) is 4.35. The van der Waals surface area contributed by atoms with E-state index < -0.39 is 15.8 Å². The molecule has 0 spiro atoms. The van der Waals surface area contributed by atoms with Crippen molar-refractivity contribution in [3.63, 3.8) is 0 Å². The van der Waals surface area contributed by atoms with Gasteiger partial charge in [-0.15, -0.1) is 0 Å². The molecule has 30 heavy (non-hydrogen) atoms. The van der Waals surface area contributed by atoms with Gasteiger partial charge in [0, 0.05) is 51.4 Å². The van der Waals surface area contributed by atoms with E-state index in [9.17, 15) is 22.8 Å². The van der Waals surface area contributed by atoms with E-state index in [1.807, 2.05) is 0 Å². The van der Waals surface area contributed by atoms with E-state index in [4.69, 9.17) is 0 Å². The van der Waals surface area contributed by atoms with E-state index in [-0.39, 0.29) is 47.7 Å². The molecule has 3 aliphatic heterocycles. The van der Waals surface area contributed by atoms with Crippen molar-refractivity contribution < 1.29 is 22.8 Å². The molecule has 3 amide bonds. The molecule has 1 aromatic heterocycles. The molecule has 10 nitrogen and oxygen atoms in total. The number of piperidine rings is 1. The van der Waals surface area contributed by atoms with E-state index >= 15 is 0 Å². The van der Waals surface area contributed by atoms with Crippen molar-refractivity contribution in [2.75, 3.05) is 31.1 Å². The second-order valence-electron chi connectivity index (χ2n) is 8.48. The summed E-state index contributed by atoms with van der Waals surface area (Å²) in [4.78, 5) is 40.9. The van der Waals surface area contributed by atoms with Crippen LogP contribution in [0, 0.1) is 5.92 Å². The number of carbonyl (C=O) groups is 3. The number of carbonyl (C=O) groups excluding carboxylic acids is 3. The predicted molar refractivity (Wildman–Crippen MR) is 107 cm³/mol. The number of hydrogen-bond acceptors (Lipinski definition) is 6. The van der Waals surface area contributed by atoms with E-state index in [0.29, 0.717) is 44.5 Å². The van der Waals surface area contributed by atoms with E-state index in [1.54, 1.807) is 27.7 Å². The first-order valence-corrected chi connectivity index (χ1v) is 12.1. The summed E-state index contributed by atoms with van der Waals surface area (Å²) in [7, 11) is -1.33. The van der Waals surface area contributed by atoms with Crippen molar-refractivity contribution in [2.24, 2.45) is 13.0 Å². The monoisotopic (exact) mass is 437 g/mol. The Morgan fingerprint density at radius 3 is 2.53 bits per heavy atom. The predicted octanol–water partition coefficient (Wildman–Crippen LogP) is -0.823. The van der Waals surface area contributed by atoms with Crippen LogP contribution < -0.4 is 5.32 Å². The summed E-state index contributed by atoms with van der Waals surface area (Å²) in [6.07, 6.45) is 5.09. The average Bonchev–Trinajstić information content (AvgIpc) is 3.40. The van der Waals surface area contributed by atoms with Crippen LogP contribution >= 0.6 is 0 Å². The lowest BCUT2D eigenvalue weighted by Crippen LogP contribution is -2.48. The highest BCUT2D eigenvalue weighted by Crippen LogP contribution is 2.28. The second kappa shape index (κ2) is 8.01. The Labute approximate surface area is 175 Å². The molecule has 0 unspecified atom stereocenters. The van der Waals surface area contributed by atoms with E-state index in [2.05, 4.69) is 10.4 Å². The van der Waals surface area contributed by atoms with Crippen LogP contribution in [0.2, 0.25) is 0 Å². The van der Waals surface area contributed by atoms with Crippen molar-refractivity contribution >= 4 is 27.6 Å². The Balaban J connectivity index is 1.27. The molecule has 0 saturated carbocycles. The zero-order chi connectivity index (χ0) is 21.5. The molecular weight excluding hydrogens is 410 g/mol. The number of likely N-dealkylation sites (tertiary alicyclic amines) is 2. The van der Waals surface area contributed by atoms with Crippen LogP contribution in [0.3, 0.4) is 0 Å². The molecule has 1 aromatic rings. The lowest BCUT2D eigenvalue weighted by molar-refractivity contribution is -0.136. The molecule has 4 rings (SSSR count). The molecule has 0 aromatic carbocycles. The topological polar surface area (TPSA) is 122 Å². The quantitative estimate of drug-likeness (QED) is 0.657. The Kier molecular flexibility index (Phi) is 5.56. The molecule has 11 heteroatoms. The summed E-state index contributed by atoms with van der Waals surface area (Å²) in [6, 6.07) is -0.305. The molecule has 2 atom stereocenters. The maximum Gasteiger partial charge on any atom is 0.254 e. The maximum atomic E-state index is 12.9. The van der Waals surface area contributed by atoms with Gasteiger partial charge in [-0.05, 0) is 19.3 Å². The second-order valence-corrected chi connectivity index (χ2v) is 10.7. The number of nitrogens with one attached hydrogen (secondary N) is 1. The van der Waals surface area contributed by atoms with Crippen LogP contribution in [0.25, 0.3) is 0 Å². The molecule has 3 aliphatic rings. The summed E-state index contributed by atoms with van der Waals surface area (Å²) in [5.41, 5.74) is 0.509. The lowest BCUT2D eigenvalue weighted by atomic mass is 10.0. The summed E-state index contributed by atoms with van der Waals surface area (Å²) in [5.74, 6) is -0.656. The number of aryl methyl sites for hydroxylation is 1. The normalized spacial score (nSPS) is 26.9. The molecule has 3 saturated heterocycles. The van der Waals surface area contributed by atoms with Crippen molar-refractivity contribution in [3.8, 4) is 0 Å². The first kappa shape index (κ1) is 20.8. The van der Waals surface area contributed by atoms with Gasteiger partial charge in [-0.2, -0.15) is 5.10 Å². The lowest BCUT2D eigenvalue weighted by Gasteiger charge is -2.34. The van der Waals surface area contributed by atoms with Gasteiger partial charge in [-0.1, -0.05) is 0 Å². The molecule has 4 heterocycles. The minimum absolute atomic E-state index is 0.00166. The fourth-order valence-electron chi connectivity index (χ4n) is 4.58. The smallest absolute Gasteiger partial charge is 0.254 e. The van der Waals surface area contributed by atoms with Gasteiger partial charge in [0.1, 0.15) is 0 Å². The highest BCUT2D eigenvalue weighted by molar-refractivity contribution is 7.91. The Morgan fingerprint density at radius 2 is 1.93 bits per heavy atom. The van der Waals surface area contributed by atoms with Gasteiger partial charge in [0.2, 0.25) is 11.8 Å². The Bertz CT molecular complexity index is 950. The Morgan fingerprint density at radius 1 is 1.20 bits per heavy atom. The molecular formula is C19H27N5O5S. The van der Waals surface area contributed by atoms with Crippen molar-refractivity contribution in [3.05, 3.63) is 18.0 Å². The van der Waals surface area contributed by atoms with Crippen LogP contribution in [0.15, 0.2) is 12.4 Å². The number of sulfone groups is 1.